The molecule has 0 amide bonds. The molecular weight excluding hydrogens is 353 g/mol. The number of nitrogens with zero attached hydrogens (tertiary/aromatic N) is 4. The molecule has 0 bridgehead atoms. The molecular formula is C10H11ClIN5. The molecule has 0 aliphatic heterocycles. The molecule has 0 saturated heterocycles. The second kappa shape index (κ2) is 4.77. The summed E-state index contributed by atoms with van der Waals surface area (Å²) in [5, 5.41) is 12.5. The SMILES string of the molecule is CC(C)c1nn(-c2ccc(Cl)nn2)c(N)c1I. The molecule has 0 aliphatic rings. The van der Waals surface area contributed by atoms with E-state index in [4.69, 9.17) is 17.3 Å². The summed E-state index contributed by atoms with van der Waals surface area (Å²) in [6, 6.07) is 3.39. The Labute approximate surface area is 118 Å². The van der Waals surface area contributed by atoms with Crippen LogP contribution in [0.25, 0.3) is 5.82 Å². The summed E-state index contributed by atoms with van der Waals surface area (Å²) in [7, 11) is 0. The average molecular weight is 364 g/mol. The van der Waals surface area contributed by atoms with Gasteiger partial charge in [0.1, 0.15) is 5.82 Å². The van der Waals surface area contributed by atoms with E-state index in [2.05, 4.69) is 51.7 Å². The monoisotopic (exact) mass is 363 g/mol. The van der Waals surface area contributed by atoms with Gasteiger partial charge in [0.25, 0.3) is 0 Å². The van der Waals surface area contributed by atoms with Crippen molar-refractivity contribution < 1.29 is 0 Å². The first kappa shape index (κ1) is 12.6. The topological polar surface area (TPSA) is 69.6 Å². The molecule has 0 radical (unpaired) electrons. The number of anilines is 1. The molecule has 0 atom stereocenters. The van der Waals surface area contributed by atoms with Crippen LogP contribution in [0.4, 0.5) is 5.82 Å². The van der Waals surface area contributed by atoms with Crippen molar-refractivity contribution in [3.8, 4) is 5.82 Å². The molecule has 0 aliphatic carbocycles. The van der Waals surface area contributed by atoms with E-state index < -0.39 is 0 Å². The molecule has 17 heavy (non-hydrogen) atoms. The van der Waals surface area contributed by atoms with Crippen molar-refractivity contribution in [3.05, 3.63) is 26.5 Å². The maximum absolute atomic E-state index is 6.00. The highest BCUT2D eigenvalue weighted by Gasteiger charge is 2.17. The summed E-state index contributed by atoms with van der Waals surface area (Å²) in [6.07, 6.45) is 0. The van der Waals surface area contributed by atoms with Gasteiger partial charge in [-0.2, -0.15) is 9.78 Å². The van der Waals surface area contributed by atoms with Crippen LogP contribution in [-0.2, 0) is 0 Å². The Morgan fingerprint density at radius 3 is 2.53 bits per heavy atom. The van der Waals surface area contributed by atoms with Crippen molar-refractivity contribution in [1.82, 2.24) is 20.0 Å². The number of rotatable bonds is 2. The second-order valence-corrected chi connectivity index (χ2v) is 5.33. The predicted octanol–water partition coefficient (Wildman–Crippen LogP) is 2.63. The minimum atomic E-state index is 0.311. The summed E-state index contributed by atoms with van der Waals surface area (Å²) in [4.78, 5) is 0. The van der Waals surface area contributed by atoms with Gasteiger partial charge >= 0.3 is 0 Å². The zero-order valence-corrected chi connectivity index (χ0v) is 12.3. The largest absolute Gasteiger partial charge is 0.383 e. The molecule has 0 saturated carbocycles. The van der Waals surface area contributed by atoms with Gasteiger partial charge in [0, 0.05) is 0 Å². The summed E-state index contributed by atoms with van der Waals surface area (Å²) in [6.45, 7) is 4.14. The third-order valence-electron chi connectivity index (χ3n) is 2.27. The smallest absolute Gasteiger partial charge is 0.178 e. The van der Waals surface area contributed by atoms with E-state index in [1.54, 1.807) is 16.8 Å². The van der Waals surface area contributed by atoms with Crippen LogP contribution in [0.15, 0.2) is 12.1 Å². The van der Waals surface area contributed by atoms with Gasteiger partial charge < -0.3 is 5.73 Å². The van der Waals surface area contributed by atoms with Crippen LogP contribution in [0.1, 0.15) is 25.5 Å². The first-order chi connectivity index (χ1) is 8.00. The van der Waals surface area contributed by atoms with Crippen molar-refractivity contribution >= 4 is 40.0 Å². The fourth-order valence-corrected chi connectivity index (χ4v) is 2.46. The molecule has 2 heterocycles. The summed E-state index contributed by atoms with van der Waals surface area (Å²) < 4.78 is 2.54. The Bertz CT molecular complexity index is 534. The van der Waals surface area contributed by atoms with E-state index in [1.165, 1.54) is 0 Å². The first-order valence-electron chi connectivity index (χ1n) is 5.04. The number of aromatic nitrogens is 4. The molecule has 2 aromatic heterocycles. The molecule has 0 aromatic carbocycles. The van der Waals surface area contributed by atoms with E-state index in [-0.39, 0.29) is 0 Å². The fraction of sp³-hybridized carbons (Fsp3) is 0.300. The summed E-state index contributed by atoms with van der Waals surface area (Å²) >= 11 is 7.88. The average Bonchev–Trinajstić information content (AvgIpc) is 2.58. The Balaban J connectivity index is 2.53. The lowest BCUT2D eigenvalue weighted by atomic mass is 10.1. The van der Waals surface area contributed by atoms with Crippen LogP contribution < -0.4 is 5.73 Å². The lowest BCUT2D eigenvalue weighted by molar-refractivity contribution is 0.750. The highest BCUT2D eigenvalue weighted by molar-refractivity contribution is 14.1. The van der Waals surface area contributed by atoms with Crippen molar-refractivity contribution in [3.63, 3.8) is 0 Å². The number of hydrogen-bond acceptors (Lipinski definition) is 4. The Hall–Kier alpha value is -0.890. The maximum atomic E-state index is 6.00. The Morgan fingerprint density at radius 1 is 1.35 bits per heavy atom. The number of nitrogens with two attached hydrogens (primary N) is 1. The summed E-state index contributed by atoms with van der Waals surface area (Å²) in [5.41, 5.74) is 6.96. The molecule has 2 N–H and O–H groups in total. The van der Waals surface area contributed by atoms with Gasteiger partial charge in [-0.25, -0.2) is 0 Å². The predicted molar refractivity (Wildman–Crippen MR) is 75.4 cm³/mol. The normalized spacial score (nSPS) is 11.1. The van der Waals surface area contributed by atoms with Crippen LogP contribution in [0.2, 0.25) is 5.15 Å². The Kier molecular flexibility index (Phi) is 3.53. The van der Waals surface area contributed by atoms with Gasteiger partial charge in [-0.05, 0) is 40.6 Å². The van der Waals surface area contributed by atoms with E-state index in [9.17, 15) is 0 Å². The quantitative estimate of drug-likeness (QED) is 0.833. The minimum absolute atomic E-state index is 0.311. The lowest BCUT2D eigenvalue weighted by Gasteiger charge is -2.01. The minimum Gasteiger partial charge on any atom is -0.383 e. The highest BCUT2D eigenvalue weighted by Crippen LogP contribution is 2.27. The van der Waals surface area contributed by atoms with Crippen LogP contribution in [0.3, 0.4) is 0 Å². The molecule has 2 aromatic rings. The number of hydrogen-bond donors (Lipinski definition) is 1. The molecule has 0 spiro atoms. The van der Waals surface area contributed by atoms with Gasteiger partial charge in [-0.3, -0.25) is 0 Å². The number of halogens is 2. The summed E-state index contributed by atoms with van der Waals surface area (Å²) in [5.74, 6) is 1.45. The van der Waals surface area contributed by atoms with Gasteiger partial charge in [0.2, 0.25) is 0 Å². The Morgan fingerprint density at radius 2 is 2.06 bits per heavy atom. The van der Waals surface area contributed by atoms with Crippen molar-refractivity contribution in [2.45, 2.75) is 19.8 Å². The lowest BCUT2D eigenvalue weighted by Crippen LogP contribution is -2.05. The van der Waals surface area contributed by atoms with E-state index in [0.29, 0.717) is 22.7 Å². The van der Waals surface area contributed by atoms with Gasteiger partial charge in [-0.1, -0.05) is 25.4 Å². The second-order valence-electron chi connectivity index (χ2n) is 3.87. The zero-order chi connectivity index (χ0) is 12.6. The van der Waals surface area contributed by atoms with Crippen molar-refractivity contribution in [2.75, 3.05) is 5.73 Å². The highest BCUT2D eigenvalue weighted by atomic mass is 127. The molecule has 7 heteroatoms. The molecule has 2 rings (SSSR count). The van der Waals surface area contributed by atoms with E-state index in [1.807, 2.05) is 0 Å². The van der Waals surface area contributed by atoms with Crippen molar-refractivity contribution in [1.29, 1.82) is 0 Å². The fourth-order valence-electron chi connectivity index (χ4n) is 1.40. The maximum Gasteiger partial charge on any atom is 0.178 e. The van der Waals surface area contributed by atoms with Crippen LogP contribution in [-0.4, -0.2) is 20.0 Å². The number of nitrogen functional groups attached to an aromatic ring is 1. The van der Waals surface area contributed by atoms with Gasteiger partial charge in [0.15, 0.2) is 11.0 Å². The van der Waals surface area contributed by atoms with E-state index >= 15 is 0 Å². The van der Waals surface area contributed by atoms with Crippen LogP contribution >= 0.6 is 34.2 Å². The van der Waals surface area contributed by atoms with Crippen LogP contribution in [0, 0.1) is 3.57 Å². The third kappa shape index (κ3) is 2.37. The molecule has 0 unspecified atom stereocenters. The zero-order valence-electron chi connectivity index (χ0n) is 9.35. The van der Waals surface area contributed by atoms with Crippen LogP contribution in [0.5, 0.6) is 0 Å². The molecule has 0 fully saturated rings. The van der Waals surface area contributed by atoms with Gasteiger partial charge in [-0.15, -0.1) is 10.2 Å². The third-order valence-corrected chi connectivity index (χ3v) is 3.57. The van der Waals surface area contributed by atoms with Crippen molar-refractivity contribution in [2.24, 2.45) is 0 Å². The molecule has 90 valence electrons. The standard InChI is InChI=1S/C10H11ClIN5/c1-5(2)9-8(12)10(13)17(16-9)7-4-3-6(11)14-15-7/h3-5H,13H2,1-2H3. The van der Waals surface area contributed by atoms with Gasteiger partial charge in [0.05, 0.1) is 9.26 Å². The first-order valence-corrected chi connectivity index (χ1v) is 6.50. The van der Waals surface area contributed by atoms with E-state index in [0.717, 1.165) is 9.26 Å². The molecule has 5 nitrogen and oxygen atoms in total.